The third-order valence-corrected chi connectivity index (χ3v) is 2.68. The Morgan fingerprint density at radius 3 is 2.45 bits per heavy atom. The van der Waals surface area contributed by atoms with E-state index in [2.05, 4.69) is 0 Å². The van der Waals surface area contributed by atoms with Gasteiger partial charge in [-0.15, -0.1) is 0 Å². The quantitative estimate of drug-likeness (QED) is 0.564. The fraction of sp³-hybridized carbons (Fsp3) is 0.400. The van der Waals surface area contributed by atoms with Gasteiger partial charge in [-0.25, -0.2) is 4.79 Å². The Bertz CT molecular complexity index is 493. The first-order chi connectivity index (χ1) is 9.62. The van der Waals surface area contributed by atoms with Crippen molar-refractivity contribution in [2.75, 3.05) is 13.2 Å². The van der Waals surface area contributed by atoms with E-state index in [1.807, 2.05) is 0 Å². The molecule has 1 aromatic rings. The lowest BCUT2D eigenvalue weighted by Gasteiger charge is -2.08. The largest absolute Gasteiger partial charge is 0.466 e. The minimum Gasteiger partial charge on any atom is -0.466 e. The molecule has 1 rings (SSSR count). The first-order valence-corrected chi connectivity index (χ1v) is 6.53. The lowest BCUT2D eigenvalue weighted by molar-refractivity contribution is -0.143. The van der Waals surface area contributed by atoms with E-state index in [0.29, 0.717) is 36.0 Å². The van der Waals surface area contributed by atoms with Gasteiger partial charge in [0.1, 0.15) is 6.29 Å². The second-order valence-electron chi connectivity index (χ2n) is 4.06. The minimum atomic E-state index is -0.442. The van der Waals surface area contributed by atoms with Crippen LogP contribution in [0.25, 0.3) is 0 Å². The summed E-state index contributed by atoms with van der Waals surface area (Å²) in [6, 6.07) is 4.68. The number of carbonyl (C=O) groups excluding carboxylic acids is 3. The van der Waals surface area contributed by atoms with Gasteiger partial charge in [0.2, 0.25) is 0 Å². The highest BCUT2D eigenvalue weighted by molar-refractivity contribution is 5.91. The first-order valence-electron chi connectivity index (χ1n) is 6.53. The van der Waals surface area contributed by atoms with Crippen LogP contribution in [0, 0.1) is 0 Å². The highest BCUT2D eigenvalue weighted by atomic mass is 16.5. The van der Waals surface area contributed by atoms with Crippen LogP contribution in [0.15, 0.2) is 18.2 Å². The molecule has 0 N–H and O–H groups in total. The Kier molecular flexibility index (Phi) is 6.43. The maximum atomic E-state index is 11.6. The molecule has 0 aliphatic carbocycles. The number of hydrogen-bond acceptors (Lipinski definition) is 5. The Morgan fingerprint density at radius 2 is 1.85 bits per heavy atom. The van der Waals surface area contributed by atoms with Crippen LogP contribution in [-0.2, 0) is 20.7 Å². The fourth-order valence-electron chi connectivity index (χ4n) is 1.75. The van der Waals surface area contributed by atoms with E-state index in [4.69, 9.17) is 9.47 Å². The molecule has 0 bridgehead atoms. The SMILES string of the molecule is CCOC(=O)CCc1cc(C(=O)OCC)ccc1C=O. The molecule has 0 atom stereocenters. The van der Waals surface area contributed by atoms with Crippen molar-refractivity contribution < 1.29 is 23.9 Å². The van der Waals surface area contributed by atoms with E-state index < -0.39 is 5.97 Å². The van der Waals surface area contributed by atoms with Gasteiger partial charge in [0, 0.05) is 12.0 Å². The molecule has 0 spiro atoms. The van der Waals surface area contributed by atoms with Crippen LogP contribution in [0.1, 0.15) is 46.5 Å². The van der Waals surface area contributed by atoms with Gasteiger partial charge >= 0.3 is 11.9 Å². The van der Waals surface area contributed by atoms with Crippen molar-refractivity contribution in [1.82, 2.24) is 0 Å². The zero-order valence-electron chi connectivity index (χ0n) is 11.7. The molecule has 5 heteroatoms. The molecule has 0 heterocycles. The van der Waals surface area contributed by atoms with Crippen molar-refractivity contribution >= 4 is 18.2 Å². The van der Waals surface area contributed by atoms with Crippen LogP contribution in [0.3, 0.4) is 0 Å². The molecule has 1 aromatic carbocycles. The Morgan fingerprint density at radius 1 is 1.15 bits per heavy atom. The summed E-state index contributed by atoms with van der Waals surface area (Å²) in [7, 11) is 0. The molecule has 5 nitrogen and oxygen atoms in total. The zero-order valence-corrected chi connectivity index (χ0v) is 11.7. The van der Waals surface area contributed by atoms with Gasteiger partial charge in [-0.1, -0.05) is 6.07 Å². The van der Waals surface area contributed by atoms with Crippen LogP contribution in [0.4, 0.5) is 0 Å². The number of ether oxygens (including phenoxy) is 2. The Balaban J connectivity index is 2.86. The number of carbonyl (C=O) groups is 3. The first kappa shape index (κ1) is 15.9. The molecule has 0 aromatic heterocycles. The zero-order chi connectivity index (χ0) is 15.0. The third-order valence-electron chi connectivity index (χ3n) is 2.68. The maximum absolute atomic E-state index is 11.6. The van der Waals surface area contributed by atoms with Crippen LogP contribution < -0.4 is 0 Å². The molecule has 0 aliphatic rings. The van der Waals surface area contributed by atoms with Crippen molar-refractivity contribution in [2.45, 2.75) is 26.7 Å². The molecule has 0 amide bonds. The van der Waals surface area contributed by atoms with Crippen LogP contribution >= 0.6 is 0 Å². The molecule has 0 unspecified atom stereocenters. The maximum Gasteiger partial charge on any atom is 0.338 e. The minimum absolute atomic E-state index is 0.168. The van der Waals surface area contributed by atoms with Gasteiger partial charge in [-0.2, -0.15) is 0 Å². The molecular weight excluding hydrogens is 260 g/mol. The van der Waals surface area contributed by atoms with Gasteiger partial charge in [0.25, 0.3) is 0 Å². The molecule has 0 aliphatic heterocycles. The lowest BCUT2D eigenvalue weighted by Crippen LogP contribution is -2.09. The van der Waals surface area contributed by atoms with E-state index in [1.165, 1.54) is 6.07 Å². The molecule has 108 valence electrons. The summed E-state index contributed by atoms with van der Waals surface area (Å²) in [6.07, 6.45) is 1.22. The summed E-state index contributed by atoms with van der Waals surface area (Å²) in [5, 5.41) is 0. The summed E-state index contributed by atoms with van der Waals surface area (Å²) >= 11 is 0. The van der Waals surface area contributed by atoms with Gasteiger partial charge in [-0.3, -0.25) is 9.59 Å². The lowest BCUT2D eigenvalue weighted by atomic mass is 10.0. The third kappa shape index (κ3) is 4.50. The summed E-state index contributed by atoms with van der Waals surface area (Å²) in [5.41, 5.74) is 1.47. The standard InChI is InChI=1S/C15H18O5/c1-3-19-14(17)8-7-11-9-12(15(18)20-4-2)5-6-13(11)10-16/h5-6,9-10H,3-4,7-8H2,1-2H3. The monoisotopic (exact) mass is 278 g/mol. The van der Waals surface area contributed by atoms with Gasteiger partial charge in [-0.05, 0) is 38.0 Å². The van der Waals surface area contributed by atoms with Crippen molar-refractivity contribution in [3.05, 3.63) is 34.9 Å². The number of rotatable bonds is 7. The predicted molar refractivity (Wildman–Crippen MR) is 72.7 cm³/mol. The van der Waals surface area contributed by atoms with E-state index in [9.17, 15) is 14.4 Å². The van der Waals surface area contributed by atoms with Crippen LogP contribution in [0.2, 0.25) is 0 Å². The Hall–Kier alpha value is -2.17. The molecule has 0 fully saturated rings. The normalized spacial score (nSPS) is 9.90. The van der Waals surface area contributed by atoms with Crippen molar-refractivity contribution in [1.29, 1.82) is 0 Å². The topological polar surface area (TPSA) is 69.7 Å². The number of aryl methyl sites for hydroxylation is 1. The number of benzene rings is 1. The summed E-state index contributed by atoms with van der Waals surface area (Å²) in [6.45, 7) is 4.06. The second kappa shape index (κ2) is 8.09. The highest BCUT2D eigenvalue weighted by Crippen LogP contribution is 2.14. The summed E-state index contributed by atoms with van der Waals surface area (Å²) < 4.78 is 9.74. The van der Waals surface area contributed by atoms with Gasteiger partial charge < -0.3 is 9.47 Å². The average molecular weight is 278 g/mol. The van der Waals surface area contributed by atoms with Gasteiger partial charge in [0.05, 0.1) is 18.8 Å². The van der Waals surface area contributed by atoms with Crippen LogP contribution in [0.5, 0.6) is 0 Å². The number of esters is 2. The average Bonchev–Trinajstić information content (AvgIpc) is 2.45. The van der Waals surface area contributed by atoms with E-state index in [0.717, 1.165) is 0 Å². The highest BCUT2D eigenvalue weighted by Gasteiger charge is 2.12. The van der Waals surface area contributed by atoms with Crippen LogP contribution in [-0.4, -0.2) is 31.4 Å². The van der Waals surface area contributed by atoms with E-state index in [1.54, 1.807) is 26.0 Å². The fourth-order valence-corrected chi connectivity index (χ4v) is 1.75. The Labute approximate surface area is 117 Å². The van der Waals surface area contributed by atoms with E-state index in [-0.39, 0.29) is 19.0 Å². The van der Waals surface area contributed by atoms with Crippen molar-refractivity contribution in [3.8, 4) is 0 Å². The predicted octanol–water partition coefficient (Wildman–Crippen LogP) is 2.17. The molecule has 0 saturated carbocycles. The summed E-state index contributed by atoms with van der Waals surface area (Å²) in [5.74, 6) is -0.770. The van der Waals surface area contributed by atoms with Crippen molar-refractivity contribution in [2.24, 2.45) is 0 Å². The summed E-state index contributed by atoms with van der Waals surface area (Å²) in [4.78, 5) is 33.9. The number of aldehydes is 1. The smallest absolute Gasteiger partial charge is 0.338 e. The molecule has 20 heavy (non-hydrogen) atoms. The number of hydrogen-bond donors (Lipinski definition) is 0. The molecule has 0 radical (unpaired) electrons. The van der Waals surface area contributed by atoms with Gasteiger partial charge in [0.15, 0.2) is 0 Å². The molecular formula is C15H18O5. The van der Waals surface area contributed by atoms with E-state index >= 15 is 0 Å². The second-order valence-corrected chi connectivity index (χ2v) is 4.06. The molecule has 0 saturated heterocycles. The van der Waals surface area contributed by atoms with Crippen molar-refractivity contribution in [3.63, 3.8) is 0 Å².